The molecule has 0 bridgehead atoms. The van der Waals surface area contributed by atoms with E-state index in [4.69, 9.17) is 10.9 Å². The molecule has 1 unspecified atom stereocenters. The number of aromatic nitrogens is 1. The van der Waals surface area contributed by atoms with Crippen molar-refractivity contribution in [2.45, 2.75) is 17.2 Å². The summed E-state index contributed by atoms with van der Waals surface area (Å²) < 4.78 is 22.7. The molecule has 8 heteroatoms. The smallest absolute Gasteiger partial charge is 0.249 e. The van der Waals surface area contributed by atoms with E-state index < -0.39 is 10.0 Å². The molecule has 1 aromatic heterocycles. The van der Waals surface area contributed by atoms with E-state index in [1.165, 1.54) is 0 Å². The predicted molar refractivity (Wildman–Crippen MR) is 80.1 cm³/mol. The molecule has 0 saturated carbocycles. The molecule has 0 spiro atoms. The molecular formula is C12H16N4O2S2. The largest absolute Gasteiger partial charge is 0.360 e. The number of nitrogens with two attached hydrogens (primary N) is 2. The Morgan fingerprint density at radius 1 is 1.35 bits per heavy atom. The predicted octanol–water partition coefficient (Wildman–Crippen LogP) is 1.21. The van der Waals surface area contributed by atoms with Gasteiger partial charge in [0.15, 0.2) is 9.34 Å². The van der Waals surface area contributed by atoms with Gasteiger partial charge in [0.2, 0.25) is 10.0 Å². The maximum atomic E-state index is 11.3. The first-order valence-electron chi connectivity index (χ1n) is 5.92. The fraction of sp³-hybridized carbons (Fsp3) is 0.250. The molecule has 0 aliphatic heterocycles. The molecule has 1 heterocycles. The number of aryl methyl sites for hydroxylation is 1. The molecule has 0 amide bonds. The van der Waals surface area contributed by atoms with Crippen LogP contribution < -0.4 is 16.2 Å². The molecule has 0 aliphatic carbocycles. The zero-order valence-corrected chi connectivity index (χ0v) is 12.5. The summed E-state index contributed by atoms with van der Waals surface area (Å²) in [6.07, 6.45) is 0. The van der Waals surface area contributed by atoms with Gasteiger partial charge in [-0.25, -0.2) is 18.5 Å². The lowest BCUT2D eigenvalue weighted by Crippen LogP contribution is -2.20. The highest BCUT2D eigenvalue weighted by Crippen LogP contribution is 2.26. The fourth-order valence-corrected chi connectivity index (χ4v) is 3.60. The van der Waals surface area contributed by atoms with Gasteiger partial charge in [-0.3, -0.25) is 0 Å². The first-order chi connectivity index (χ1) is 9.38. The molecule has 1 atom stereocenters. The van der Waals surface area contributed by atoms with Crippen LogP contribution in [0.1, 0.15) is 17.3 Å². The number of thiazole rings is 1. The van der Waals surface area contributed by atoms with E-state index in [0.29, 0.717) is 17.4 Å². The molecule has 2 rings (SSSR count). The van der Waals surface area contributed by atoms with Crippen molar-refractivity contribution in [1.29, 1.82) is 0 Å². The van der Waals surface area contributed by atoms with Gasteiger partial charge in [0, 0.05) is 12.6 Å². The second kappa shape index (κ2) is 5.88. The lowest BCUT2D eigenvalue weighted by atomic mass is 10.1. The van der Waals surface area contributed by atoms with E-state index in [2.05, 4.69) is 10.3 Å². The van der Waals surface area contributed by atoms with Crippen molar-refractivity contribution < 1.29 is 8.42 Å². The summed E-state index contributed by atoms with van der Waals surface area (Å²) in [6, 6.07) is 9.44. The summed E-state index contributed by atoms with van der Waals surface area (Å²) in [7, 11) is -3.72. The molecule has 1 aromatic carbocycles. The molecule has 5 N–H and O–H groups in total. The zero-order chi connectivity index (χ0) is 14.8. The second-order valence-electron chi connectivity index (χ2n) is 4.33. The second-order valence-corrected chi connectivity index (χ2v) is 7.09. The van der Waals surface area contributed by atoms with E-state index in [-0.39, 0.29) is 10.3 Å². The Bertz CT molecular complexity index is 683. The van der Waals surface area contributed by atoms with Gasteiger partial charge in [0.25, 0.3) is 0 Å². The third-order valence-corrected chi connectivity index (χ3v) is 5.38. The van der Waals surface area contributed by atoms with Gasteiger partial charge < -0.3 is 11.1 Å². The Morgan fingerprint density at radius 3 is 2.55 bits per heavy atom. The normalized spacial score (nSPS) is 13.2. The number of hydrogen-bond donors (Lipinski definition) is 3. The van der Waals surface area contributed by atoms with Crippen molar-refractivity contribution >= 4 is 26.5 Å². The first kappa shape index (κ1) is 14.9. The highest BCUT2D eigenvalue weighted by Gasteiger charge is 2.17. The van der Waals surface area contributed by atoms with Crippen molar-refractivity contribution in [3.8, 4) is 0 Å². The number of nitrogens with zero attached hydrogens (tertiary/aromatic N) is 1. The van der Waals surface area contributed by atoms with Gasteiger partial charge in [-0.1, -0.05) is 41.7 Å². The van der Waals surface area contributed by atoms with Crippen LogP contribution in [0.5, 0.6) is 0 Å². The molecule has 0 radical (unpaired) electrons. The van der Waals surface area contributed by atoms with Gasteiger partial charge in [0.1, 0.15) is 0 Å². The topological polar surface area (TPSA) is 111 Å². The van der Waals surface area contributed by atoms with Crippen LogP contribution in [0.3, 0.4) is 0 Å². The number of anilines is 1. The monoisotopic (exact) mass is 312 g/mol. The lowest BCUT2D eigenvalue weighted by molar-refractivity contribution is 0.599. The average Bonchev–Trinajstić information content (AvgIpc) is 2.78. The maximum absolute atomic E-state index is 11.3. The van der Waals surface area contributed by atoms with Crippen LogP contribution in [0.15, 0.2) is 34.5 Å². The van der Waals surface area contributed by atoms with Crippen LogP contribution >= 0.6 is 11.3 Å². The first-order valence-corrected chi connectivity index (χ1v) is 8.29. The minimum absolute atomic E-state index is 0.0771. The maximum Gasteiger partial charge on any atom is 0.249 e. The molecule has 0 aliphatic rings. The van der Waals surface area contributed by atoms with Crippen LogP contribution in [0, 0.1) is 6.92 Å². The number of sulfonamides is 1. The van der Waals surface area contributed by atoms with Crippen LogP contribution in [0.25, 0.3) is 0 Å². The van der Waals surface area contributed by atoms with Crippen molar-refractivity contribution in [2.75, 3.05) is 11.9 Å². The highest BCUT2D eigenvalue weighted by atomic mass is 32.2. The molecule has 0 fully saturated rings. The Balaban J connectivity index is 2.05. The van der Waals surface area contributed by atoms with Crippen LogP contribution in [-0.4, -0.2) is 19.9 Å². The van der Waals surface area contributed by atoms with E-state index in [9.17, 15) is 8.42 Å². The quantitative estimate of drug-likeness (QED) is 0.768. The van der Waals surface area contributed by atoms with Gasteiger partial charge in [-0.15, -0.1) is 0 Å². The number of nitrogens with one attached hydrogen (secondary N) is 1. The number of hydrogen-bond acceptors (Lipinski definition) is 6. The summed E-state index contributed by atoms with van der Waals surface area (Å²) in [5.41, 5.74) is 7.44. The average molecular weight is 312 g/mol. The third-order valence-electron chi connectivity index (χ3n) is 2.71. The molecule has 6 nitrogen and oxygen atoms in total. The summed E-state index contributed by atoms with van der Waals surface area (Å²) >= 11 is 1.01. The SMILES string of the molecule is Cc1nc(NCC(N)c2ccccc2)sc1S(N)(=O)=O. The van der Waals surface area contributed by atoms with Crippen LogP contribution in [0.4, 0.5) is 5.13 Å². The van der Waals surface area contributed by atoms with Gasteiger partial charge in [0.05, 0.1) is 5.69 Å². The standard InChI is InChI=1S/C12H16N4O2S2/c1-8-11(20(14,17)18)19-12(16-8)15-7-10(13)9-5-3-2-4-6-9/h2-6,10H,7,13H2,1H3,(H,15,16)(H2,14,17,18). The number of primary sulfonamides is 1. The lowest BCUT2D eigenvalue weighted by Gasteiger charge is -2.12. The molecule has 108 valence electrons. The molecule has 2 aromatic rings. The van der Waals surface area contributed by atoms with Crippen molar-refractivity contribution in [2.24, 2.45) is 10.9 Å². The minimum atomic E-state index is -3.72. The number of rotatable bonds is 5. The van der Waals surface area contributed by atoms with Gasteiger partial charge in [-0.05, 0) is 12.5 Å². The zero-order valence-electron chi connectivity index (χ0n) is 10.9. The van der Waals surface area contributed by atoms with E-state index in [1.54, 1.807) is 6.92 Å². The molecular weight excluding hydrogens is 296 g/mol. The van der Waals surface area contributed by atoms with E-state index in [1.807, 2.05) is 30.3 Å². The van der Waals surface area contributed by atoms with Crippen LogP contribution in [0.2, 0.25) is 0 Å². The van der Waals surface area contributed by atoms with Crippen molar-refractivity contribution in [3.63, 3.8) is 0 Å². The number of benzene rings is 1. The fourth-order valence-electron chi connectivity index (χ4n) is 1.74. The molecule has 0 saturated heterocycles. The molecule has 20 heavy (non-hydrogen) atoms. The van der Waals surface area contributed by atoms with E-state index in [0.717, 1.165) is 16.9 Å². The Hall–Kier alpha value is -1.48. The Kier molecular flexibility index (Phi) is 4.39. The summed E-state index contributed by atoms with van der Waals surface area (Å²) in [5, 5.41) is 8.64. The Labute approximate surface area is 121 Å². The van der Waals surface area contributed by atoms with Gasteiger partial charge >= 0.3 is 0 Å². The summed E-state index contributed by atoms with van der Waals surface area (Å²) in [6.45, 7) is 2.07. The third kappa shape index (κ3) is 3.54. The summed E-state index contributed by atoms with van der Waals surface area (Å²) in [4.78, 5) is 4.14. The summed E-state index contributed by atoms with van der Waals surface area (Å²) in [5.74, 6) is 0. The van der Waals surface area contributed by atoms with Crippen LogP contribution in [-0.2, 0) is 10.0 Å². The minimum Gasteiger partial charge on any atom is -0.360 e. The highest BCUT2D eigenvalue weighted by molar-refractivity contribution is 7.91. The van der Waals surface area contributed by atoms with Crippen molar-refractivity contribution in [1.82, 2.24) is 4.98 Å². The van der Waals surface area contributed by atoms with Gasteiger partial charge in [-0.2, -0.15) is 0 Å². The van der Waals surface area contributed by atoms with E-state index >= 15 is 0 Å². The van der Waals surface area contributed by atoms with Crippen molar-refractivity contribution in [3.05, 3.63) is 41.6 Å². The Morgan fingerprint density at radius 2 is 2.00 bits per heavy atom.